The minimum atomic E-state index is -3.29. The first-order valence-corrected chi connectivity index (χ1v) is 16.2. The Labute approximate surface area is 266 Å². The van der Waals surface area contributed by atoms with Crippen molar-refractivity contribution in [3.05, 3.63) is 124 Å². The molecule has 4 aromatic carbocycles. The van der Waals surface area contributed by atoms with Crippen molar-refractivity contribution in [3.8, 4) is 22.4 Å². The van der Waals surface area contributed by atoms with Gasteiger partial charge in [0, 0.05) is 35.3 Å². The van der Waals surface area contributed by atoms with Gasteiger partial charge in [0.15, 0.2) is 9.84 Å². The van der Waals surface area contributed by atoms with Crippen LogP contribution in [0, 0.1) is 0 Å². The van der Waals surface area contributed by atoms with Gasteiger partial charge in [-0.3, -0.25) is 4.79 Å². The molecule has 5 rings (SSSR count). The monoisotopic (exact) mass is 645 g/mol. The van der Waals surface area contributed by atoms with Gasteiger partial charge in [0.25, 0.3) is 0 Å². The van der Waals surface area contributed by atoms with Crippen LogP contribution in [0.25, 0.3) is 34.5 Å². The zero-order chi connectivity index (χ0) is 31.3. The Morgan fingerprint density at radius 2 is 1.68 bits per heavy atom. The van der Waals surface area contributed by atoms with E-state index in [1.165, 1.54) is 13.4 Å². The summed E-state index contributed by atoms with van der Waals surface area (Å²) in [5, 5.41) is 4.09. The van der Waals surface area contributed by atoms with Gasteiger partial charge < -0.3 is 14.6 Å². The summed E-state index contributed by atoms with van der Waals surface area (Å²) in [5.41, 5.74) is 6.03. The number of carbonyl (C=O) groups excluding carboxylic acids is 1. The third kappa shape index (κ3) is 7.77. The summed E-state index contributed by atoms with van der Waals surface area (Å²) in [5.74, 6) is 0.386. The van der Waals surface area contributed by atoms with Crippen LogP contribution in [0.15, 0.2) is 102 Å². The molecule has 0 bridgehead atoms. The van der Waals surface area contributed by atoms with Gasteiger partial charge in [-0.05, 0) is 70.8 Å². The summed E-state index contributed by atoms with van der Waals surface area (Å²) in [6.07, 6.45) is 7.08. The number of esters is 1. The molecule has 0 saturated heterocycles. The van der Waals surface area contributed by atoms with Crippen molar-refractivity contribution >= 4 is 56.8 Å². The predicted octanol–water partition coefficient (Wildman–Crippen LogP) is 7.73. The molecule has 44 heavy (non-hydrogen) atoms. The summed E-state index contributed by atoms with van der Waals surface area (Å²) in [6, 6.07) is 27.9. The van der Waals surface area contributed by atoms with Crippen LogP contribution in [0.4, 0.5) is 5.69 Å². The average Bonchev–Trinajstić information content (AvgIpc) is 3.41. The van der Waals surface area contributed by atoms with Gasteiger partial charge in [-0.15, -0.1) is 0 Å². The summed E-state index contributed by atoms with van der Waals surface area (Å²) < 4.78 is 30.7. The first kappa shape index (κ1) is 31.1. The number of ether oxygens (including phenoxy) is 1. The minimum Gasteiger partial charge on any atom is -0.468 e. The highest BCUT2D eigenvalue weighted by Crippen LogP contribution is 2.31. The number of sulfone groups is 1. The number of nitrogens with zero attached hydrogens (tertiary/aromatic N) is 2. The highest BCUT2D eigenvalue weighted by Gasteiger charge is 2.13. The number of benzene rings is 4. The van der Waals surface area contributed by atoms with Crippen molar-refractivity contribution in [2.75, 3.05) is 25.2 Å². The molecule has 0 atom stereocenters. The van der Waals surface area contributed by atoms with E-state index in [0.717, 1.165) is 39.3 Å². The van der Waals surface area contributed by atoms with Crippen molar-refractivity contribution in [1.82, 2.24) is 9.55 Å². The summed E-state index contributed by atoms with van der Waals surface area (Å²) in [7, 11) is -1.94. The van der Waals surface area contributed by atoms with Gasteiger partial charge in [0.2, 0.25) is 0 Å². The van der Waals surface area contributed by atoms with E-state index in [4.69, 9.17) is 28.2 Å². The quantitative estimate of drug-likeness (QED) is 0.156. The Kier molecular flexibility index (Phi) is 9.54. The third-order valence-electron chi connectivity index (χ3n) is 6.92. The summed E-state index contributed by atoms with van der Waals surface area (Å²) in [6.45, 7) is 0.635. The fraction of sp³-hybridized carbons (Fsp3) is 0.118. The molecule has 7 nitrogen and oxygen atoms in total. The molecule has 0 saturated carbocycles. The summed E-state index contributed by atoms with van der Waals surface area (Å²) >= 11 is 12.6. The Bertz CT molecular complexity index is 1930. The molecule has 0 spiro atoms. The van der Waals surface area contributed by atoms with E-state index >= 15 is 0 Å². The van der Waals surface area contributed by atoms with Crippen molar-refractivity contribution in [3.63, 3.8) is 0 Å². The number of halogens is 2. The SMILES string of the molecule is COC(=O)CNc1ccc(Cn2cc(-c3ccc(Cl)cc3Cl)nc2/C=C/c2ccc(-c3cccc(S(C)(=O)=O)c3)cc2)cc1. The maximum Gasteiger partial charge on any atom is 0.325 e. The van der Waals surface area contributed by atoms with Gasteiger partial charge in [0.05, 0.1) is 22.7 Å². The highest BCUT2D eigenvalue weighted by atomic mass is 35.5. The molecule has 5 aromatic rings. The van der Waals surface area contributed by atoms with Crippen LogP contribution >= 0.6 is 23.2 Å². The van der Waals surface area contributed by atoms with E-state index in [1.807, 2.05) is 83.6 Å². The molecule has 0 radical (unpaired) electrons. The molecule has 224 valence electrons. The van der Waals surface area contributed by atoms with E-state index in [0.29, 0.717) is 22.3 Å². The van der Waals surface area contributed by atoms with Crippen LogP contribution in [0.3, 0.4) is 0 Å². The van der Waals surface area contributed by atoms with E-state index in [9.17, 15) is 13.2 Å². The number of aromatic nitrogens is 2. The smallest absolute Gasteiger partial charge is 0.325 e. The van der Waals surface area contributed by atoms with Crippen LogP contribution in [-0.2, 0) is 25.9 Å². The Morgan fingerprint density at radius 1 is 0.932 bits per heavy atom. The van der Waals surface area contributed by atoms with E-state index in [1.54, 1.807) is 30.3 Å². The van der Waals surface area contributed by atoms with Crippen molar-refractivity contribution in [2.24, 2.45) is 0 Å². The lowest BCUT2D eigenvalue weighted by atomic mass is 10.0. The second kappa shape index (κ2) is 13.5. The molecule has 0 aliphatic rings. The largest absolute Gasteiger partial charge is 0.468 e. The predicted molar refractivity (Wildman–Crippen MR) is 178 cm³/mol. The van der Waals surface area contributed by atoms with Crippen LogP contribution in [0.5, 0.6) is 0 Å². The normalized spacial score (nSPS) is 11.5. The minimum absolute atomic E-state index is 0.0888. The van der Waals surface area contributed by atoms with Crippen LogP contribution in [-0.4, -0.2) is 43.8 Å². The molecular formula is C34H29Cl2N3O4S. The van der Waals surface area contributed by atoms with Gasteiger partial charge >= 0.3 is 5.97 Å². The summed E-state index contributed by atoms with van der Waals surface area (Å²) in [4.78, 5) is 16.6. The van der Waals surface area contributed by atoms with Gasteiger partial charge in [-0.2, -0.15) is 0 Å². The lowest BCUT2D eigenvalue weighted by molar-refractivity contribution is -0.138. The van der Waals surface area contributed by atoms with E-state index in [2.05, 4.69) is 10.1 Å². The number of anilines is 1. The topological polar surface area (TPSA) is 90.3 Å². The molecule has 0 unspecified atom stereocenters. The first-order valence-electron chi connectivity index (χ1n) is 13.6. The zero-order valence-corrected chi connectivity index (χ0v) is 26.3. The molecule has 10 heteroatoms. The van der Waals surface area contributed by atoms with E-state index < -0.39 is 9.84 Å². The number of imidazole rings is 1. The molecule has 0 aliphatic carbocycles. The number of rotatable bonds is 10. The maximum atomic E-state index is 12.0. The highest BCUT2D eigenvalue weighted by molar-refractivity contribution is 7.90. The van der Waals surface area contributed by atoms with Crippen molar-refractivity contribution < 1.29 is 17.9 Å². The number of methoxy groups -OCH3 is 1. The molecule has 1 aromatic heterocycles. The number of hydrogen-bond donors (Lipinski definition) is 1. The Hall–Kier alpha value is -4.37. The standard InChI is InChI=1S/C34H29Cl2N3O4S/c1-43-34(40)20-37-28-14-8-24(9-15-28)21-39-22-32(30-16-13-27(35)19-31(30)36)38-33(39)17-10-23-6-11-25(12-7-23)26-4-3-5-29(18-26)44(2,41)42/h3-19,22,37H,20-21H2,1-2H3/b17-10+. The van der Waals surface area contributed by atoms with Gasteiger partial charge in [-0.1, -0.05) is 77.8 Å². The number of hydrogen-bond acceptors (Lipinski definition) is 6. The Morgan fingerprint density at radius 3 is 2.36 bits per heavy atom. The van der Waals surface area contributed by atoms with Crippen molar-refractivity contribution in [2.45, 2.75) is 11.4 Å². The van der Waals surface area contributed by atoms with Crippen molar-refractivity contribution in [1.29, 1.82) is 0 Å². The fourth-order valence-electron chi connectivity index (χ4n) is 4.55. The van der Waals surface area contributed by atoms with Crippen LogP contribution in [0.2, 0.25) is 10.0 Å². The second-order valence-electron chi connectivity index (χ2n) is 10.1. The molecule has 1 N–H and O–H groups in total. The fourth-order valence-corrected chi connectivity index (χ4v) is 5.72. The molecule has 1 heterocycles. The number of carbonyl (C=O) groups is 1. The molecule has 0 amide bonds. The van der Waals surface area contributed by atoms with E-state index in [-0.39, 0.29) is 17.4 Å². The van der Waals surface area contributed by atoms with Crippen LogP contribution < -0.4 is 5.32 Å². The molecular weight excluding hydrogens is 617 g/mol. The van der Waals surface area contributed by atoms with Crippen LogP contribution in [0.1, 0.15) is 17.0 Å². The average molecular weight is 647 g/mol. The lowest BCUT2D eigenvalue weighted by Gasteiger charge is -2.08. The maximum absolute atomic E-state index is 12.0. The molecule has 0 fully saturated rings. The number of nitrogens with one attached hydrogen (secondary N) is 1. The first-order chi connectivity index (χ1) is 21.1. The van der Waals surface area contributed by atoms with Gasteiger partial charge in [-0.25, -0.2) is 13.4 Å². The zero-order valence-electron chi connectivity index (χ0n) is 24.0. The third-order valence-corrected chi connectivity index (χ3v) is 8.57. The second-order valence-corrected chi connectivity index (χ2v) is 13.0. The lowest BCUT2D eigenvalue weighted by Crippen LogP contribution is -2.14. The Balaban J connectivity index is 1.41. The molecule has 0 aliphatic heterocycles. The van der Waals surface area contributed by atoms with Gasteiger partial charge in [0.1, 0.15) is 12.4 Å².